The Morgan fingerprint density at radius 3 is 2.61 bits per heavy atom. The molecular weight excluding hydrogens is 248 g/mol. The Kier molecular flexibility index (Phi) is 4.73. The summed E-state index contributed by atoms with van der Waals surface area (Å²) >= 11 is 0. The van der Waals surface area contributed by atoms with Crippen LogP contribution in [0.25, 0.3) is 0 Å². The van der Waals surface area contributed by atoms with E-state index >= 15 is 0 Å². The standard InChI is InChI=1S/C11H11F2NO4/c1-6-2-3-7(12)11(10(6)13)14-8(15)4-18-5-9(16)17/h2-3H,4-5H2,1H3,(H,14,15)(H,16,17). The molecule has 0 bridgehead atoms. The maximum Gasteiger partial charge on any atom is 0.329 e. The number of carboxylic acids is 1. The summed E-state index contributed by atoms with van der Waals surface area (Å²) in [4.78, 5) is 21.4. The van der Waals surface area contributed by atoms with Crippen molar-refractivity contribution in [2.24, 2.45) is 0 Å². The number of ether oxygens (including phenoxy) is 1. The fraction of sp³-hybridized carbons (Fsp3) is 0.273. The fourth-order valence-corrected chi connectivity index (χ4v) is 1.18. The lowest BCUT2D eigenvalue weighted by molar-refractivity contribution is -0.143. The third kappa shape index (κ3) is 3.77. The molecule has 0 spiro atoms. The lowest BCUT2D eigenvalue weighted by Crippen LogP contribution is -2.22. The quantitative estimate of drug-likeness (QED) is 0.836. The molecule has 0 aliphatic heterocycles. The number of carbonyl (C=O) groups excluding carboxylic acids is 1. The number of nitrogens with one attached hydrogen (secondary N) is 1. The minimum Gasteiger partial charge on any atom is -0.480 e. The molecule has 0 atom stereocenters. The van der Waals surface area contributed by atoms with Crippen molar-refractivity contribution in [1.82, 2.24) is 0 Å². The molecular formula is C11H11F2NO4. The van der Waals surface area contributed by atoms with Gasteiger partial charge in [-0.05, 0) is 18.6 Å². The fourth-order valence-electron chi connectivity index (χ4n) is 1.18. The van der Waals surface area contributed by atoms with Gasteiger partial charge in [0.25, 0.3) is 5.91 Å². The summed E-state index contributed by atoms with van der Waals surface area (Å²) in [5.41, 5.74) is -0.392. The van der Waals surface area contributed by atoms with Crippen molar-refractivity contribution >= 4 is 17.6 Å². The van der Waals surface area contributed by atoms with E-state index in [0.29, 0.717) is 0 Å². The van der Waals surface area contributed by atoms with Gasteiger partial charge in [0.1, 0.15) is 24.7 Å². The Balaban J connectivity index is 2.65. The zero-order valence-corrected chi connectivity index (χ0v) is 9.50. The lowest BCUT2D eigenvalue weighted by Gasteiger charge is -2.09. The van der Waals surface area contributed by atoms with Crippen LogP contribution in [0.3, 0.4) is 0 Å². The SMILES string of the molecule is Cc1ccc(F)c(NC(=O)COCC(=O)O)c1F. The van der Waals surface area contributed by atoms with Crippen molar-refractivity contribution in [1.29, 1.82) is 0 Å². The monoisotopic (exact) mass is 259 g/mol. The summed E-state index contributed by atoms with van der Waals surface area (Å²) in [5.74, 6) is -3.86. The number of carboxylic acid groups (broad SMARTS) is 1. The number of halogens is 2. The summed E-state index contributed by atoms with van der Waals surface area (Å²) in [6.45, 7) is 0.163. The summed E-state index contributed by atoms with van der Waals surface area (Å²) < 4.78 is 31.2. The van der Waals surface area contributed by atoms with Crippen LogP contribution in [0.1, 0.15) is 5.56 Å². The Hall–Kier alpha value is -2.02. The van der Waals surface area contributed by atoms with Gasteiger partial charge in [-0.3, -0.25) is 4.79 Å². The minimum absolute atomic E-state index is 0.179. The van der Waals surface area contributed by atoms with Crippen LogP contribution >= 0.6 is 0 Å². The van der Waals surface area contributed by atoms with E-state index in [1.54, 1.807) is 0 Å². The summed E-state index contributed by atoms with van der Waals surface area (Å²) in [6, 6.07) is 2.26. The lowest BCUT2D eigenvalue weighted by atomic mass is 10.2. The normalized spacial score (nSPS) is 10.2. The number of anilines is 1. The van der Waals surface area contributed by atoms with Crippen molar-refractivity contribution in [2.45, 2.75) is 6.92 Å². The van der Waals surface area contributed by atoms with Gasteiger partial charge in [-0.1, -0.05) is 6.07 Å². The number of amides is 1. The van der Waals surface area contributed by atoms with Gasteiger partial charge < -0.3 is 15.2 Å². The largest absolute Gasteiger partial charge is 0.480 e. The average molecular weight is 259 g/mol. The summed E-state index contributed by atoms with van der Waals surface area (Å²) in [7, 11) is 0. The molecule has 5 nitrogen and oxygen atoms in total. The molecule has 1 aromatic rings. The van der Waals surface area contributed by atoms with Crippen LogP contribution in [0, 0.1) is 18.6 Å². The van der Waals surface area contributed by atoms with Gasteiger partial charge in [-0.15, -0.1) is 0 Å². The Morgan fingerprint density at radius 1 is 1.33 bits per heavy atom. The van der Waals surface area contributed by atoms with Crippen LogP contribution in [0.2, 0.25) is 0 Å². The highest BCUT2D eigenvalue weighted by molar-refractivity contribution is 5.92. The number of carbonyl (C=O) groups is 2. The maximum absolute atomic E-state index is 13.5. The van der Waals surface area contributed by atoms with Crippen molar-refractivity contribution in [3.63, 3.8) is 0 Å². The number of rotatable bonds is 5. The first-order valence-corrected chi connectivity index (χ1v) is 4.95. The Labute approximate surface area is 101 Å². The van der Waals surface area contributed by atoms with Crippen LogP contribution in [0.4, 0.5) is 14.5 Å². The second-order valence-corrected chi connectivity index (χ2v) is 3.49. The molecule has 1 rings (SSSR count). The van der Waals surface area contributed by atoms with Crippen LogP contribution in [-0.4, -0.2) is 30.2 Å². The van der Waals surface area contributed by atoms with Crippen LogP contribution in [0.5, 0.6) is 0 Å². The number of hydrogen-bond donors (Lipinski definition) is 2. The first-order valence-electron chi connectivity index (χ1n) is 4.95. The van der Waals surface area contributed by atoms with Crippen molar-refractivity contribution in [3.05, 3.63) is 29.3 Å². The van der Waals surface area contributed by atoms with Gasteiger partial charge in [0.2, 0.25) is 0 Å². The molecule has 0 saturated carbocycles. The zero-order chi connectivity index (χ0) is 13.7. The van der Waals surface area contributed by atoms with E-state index in [-0.39, 0.29) is 5.56 Å². The third-order valence-corrected chi connectivity index (χ3v) is 2.01. The number of aliphatic carboxylic acids is 1. The highest BCUT2D eigenvalue weighted by Gasteiger charge is 2.14. The van der Waals surface area contributed by atoms with Crippen LogP contribution < -0.4 is 5.32 Å². The van der Waals surface area contributed by atoms with E-state index in [1.165, 1.54) is 13.0 Å². The molecule has 18 heavy (non-hydrogen) atoms. The molecule has 0 fully saturated rings. The summed E-state index contributed by atoms with van der Waals surface area (Å²) in [5, 5.41) is 10.3. The second kappa shape index (κ2) is 6.06. The molecule has 0 aliphatic carbocycles. The molecule has 7 heteroatoms. The Bertz CT molecular complexity index is 476. The van der Waals surface area contributed by atoms with Gasteiger partial charge in [0, 0.05) is 0 Å². The van der Waals surface area contributed by atoms with E-state index in [2.05, 4.69) is 4.74 Å². The topological polar surface area (TPSA) is 75.6 Å². The molecule has 0 unspecified atom stereocenters. The molecule has 0 aliphatic rings. The number of aryl methyl sites for hydroxylation is 1. The molecule has 98 valence electrons. The first kappa shape index (κ1) is 14.0. The first-order chi connectivity index (χ1) is 8.41. The van der Waals surface area contributed by atoms with Crippen LogP contribution in [-0.2, 0) is 14.3 Å². The molecule has 0 aromatic heterocycles. The average Bonchev–Trinajstić information content (AvgIpc) is 2.29. The minimum atomic E-state index is -1.24. The van der Waals surface area contributed by atoms with Crippen molar-refractivity contribution < 1.29 is 28.2 Å². The highest BCUT2D eigenvalue weighted by atomic mass is 19.1. The molecule has 0 radical (unpaired) electrons. The predicted molar refractivity (Wildman–Crippen MR) is 58.2 cm³/mol. The molecule has 0 heterocycles. The van der Waals surface area contributed by atoms with Gasteiger partial charge in [-0.25, -0.2) is 13.6 Å². The van der Waals surface area contributed by atoms with Gasteiger partial charge >= 0.3 is 5.97 Å². The molecule has 1 aromatic carbocycles. The van der Waals surface area contributed by atoms with E-state index < -0.39 is 42.4 Å². The van der Waals surface area contributed by atoms with Gasteiger partial charge in [0.15, 0.2) is 5.82 Å². The number of benzene rings is 1. The van der Waals surface area contributed by atoms with Crippen LogP contribution in [0.15, 0.2) is 12.1 Å². The molecule has 0 saturated heterocycles. The molecule has 2 N–H and O–H groups in total. The smallest absolute Gasteiger partial charge is 0.329 e. The second-order valence-electron chi connectivity index (χ2n) is 3.49. The van der Waals surface area contributed by atoms with Crippen molar-refractivity contribution in [2.75, 3.05) is 18.5 Å². The van der Waals surface area contributed by atoms with E-state index in [4.69, 9.17) is 5.11 Å². The zero-order valence-electron chi connectivity index (χ0n) is 9.50. The highest BCUT2D eigenvalue weighted by Crippen LogP contribution is 2.21. The third-order valence-electron chi connectivity index (χ3n) is 2.01. The van der Waals surface area contributed by atoms with Gasteiger partial charge in [-0.2, -0.15) is 0 Å². The van der Waals surface area contributed by atoms with E-state index in [1.807, 2.05) is 5.32 Å². The maximum atomic E-state index is 13.5. The summed E-state index contributed by atoms with van der Waals surface area (Å²) in [6.07, 6.45) is 0. The predicted octanol–water partition coefficient (Wildman–Crippen LogP) is 1.31. The van der Waals surface area contributed by atoms with E-state index in [0.717, 1.165) is 6.07 Å². The number of hydrogen-bond acceptors (Lipinski definition) is 3. The van der Waals surface area contributed by atoms with Crippen molar-refractivity contribution in [3.8, 4) is 0 Å². The van der Waals surface area contributed by atoms with E-state index in [9.17, 15) is 18.4 Å². The van der Waals surface area contributed by atoms with Gasteiger partial charge in [0.05, 0.1) is 0 Å². The Morgan fingerprint density at radius 2 is 2.00 bits per heavy atom. The molecule has 1 amide bonds.